The maximum Gasteiger partial charge on any atom is 0.412 e. The minimum atomic E-state index is -0.497. The van der Waals surface area contributed by atoms with Crippen molar-refractivity contribution in [1.29, 1.82) is 0 Å². The molecule has 1 saturated carbocycles. The highest BCUT2D eigenvalue weighted by molar-refractivity contribution is 6.30. The van der Waals surface area contributed by atoms with E-state index in [1.165, 1.54) is 0 Å². The number of amides is 2. The van der Waals surface area contributed by atoms with E-state index in [-0.39, 0.29) is 48.4 Å². The summed E-state index contributed by atoms with van der Waals surface area (Å²) >= 11 is 5.90. The number of rotatable bonds is 7. The van der Waals surface area contributed by atoms with Gasteiger partial charge in [0.05, 0.1) is 0 Å². The van der Waals surface area contributed by atoms with Crippen molar-refractivity contribution in [2.75, 3.05) is 13.1 Å². The van der Waals surface area contributed by atoms with Gasteiger partial charge in [0.2, 0.25) is 0 Å². The Morgan fingerprint density at radius 3 is 2.62 bits per heavy atom. The summed E-state index contributed by atoms with van der Waals surface area (Å²) in [5, 5.41) is 3.26. The van der Waals surface area contributed by atoms with Crippen LogP contribution >= 0.6 is 11.6 Å². The first-order valence-corrected chi connectivity index (χ1v) is 14.0. The van der Waals surface area contributed by atoms with Crippen LogP contribution in [0.5, 0.6) is 5.75 Å². The molecule has 206 valence electrons. The molecule has 1 aliphatic carbocycles. The summed E-state index contributed by atoms with van der Waals surface area (Å²) < 4.78 is 10.7. The van der Waals surface area contributed by atoms with Crippen molar-refractivity contribution >= 4 is 35.4 Å². The zero-order valence-corrected chi connectivity index (χ0v) is 22.7. The van der Waals surface area contributed by atoms with E-state index in [9.17, 15) is 19.2 Å². The van der Waals surface area contributed by atoms with Crippen LogP contribution < -0.4 is 10.1 Å². The molecule has 2 heterocycles. The third-order valence-corrected chi connectivity index (χ3v) is 8.54. The number of piperidine rings is 1. The Morgan fingerprint density at radius 2 is 1.87 bits per heavy atom. The van der Waals surface area contributed by atoms with E-state index in [1.807, 2.05) is 31.2 Å². The van der Waals surface area contributed by atoms with E-state index < -0.39 is 6.09 Å². The summed E-state index contributed by atoms with van der Waals surface area (Å²) in [5.74, 6) is 0.254. The van der Waals surface area contributed by atoms with Gasteiger partial charge in [0.25, 0.3) is 0 Å². The fourth-order valence-corrected chi connectivity index (χ4v) is 6.01. The van der Waals surface area contributed by atoms with Gasteiger partial charge in [-0.05, 0) is 60.9 Å². The second-order valence-corrected chi connectivity index (χ2v) is 11.3. The molecule has 3 atom stereocenters. The van der Waals surface area contributed by atoms with E-state index in [0.29, 0.717) is 42.7 Å². The molecular formula is C30H33ClN2O6. The first-order valence-electron chi connectivity index (χ1n) is 13.6. The summed E-state index contributed by atoms with van der Waals surface area (Å²) in [7, 11) is 0. The molecule has 2 amide bonds. The van der Waals surface area contributed by atoms with E-state index in [0.717, 1.165) is 36.0 Å². The minimum absolute atomic E-state index is 0.0595. The van der Waals surface area contributed by atoms with Crippen LogP contribution in [0.25, 0.3) is 0 Å². The maximum absolute atomic E-state index is 13.3. The van der Waals surface area contributed by atoms with Gasteiger partial charge in [0.1, 0.15) is 23.9 Å². The lowest BCUT2D eigenvalue weighted by Gasteiger charge is -2.32. The third-order valence-electron chi connectivity index (χ3n) is 8.28. The molecule has 1 saturated heterocycles. The number of ether oxygens (including phenoxy) is 2. The van der Waals surface area contributed by atoms with Gasteiger partial charge < -0.3 is 19.7 Å². The summed E-state index contributed by atoms with van der Waals surface area (Å²) in [6, 6.07) is 12.7. The molecule has 0 radical (unpaired) electrons. The summed E-state index contributed by atoms with van der Waals surface area (Å²) in [4.78, 5) is 52.0. The molecule has 8 nitrogen and oxygen atoms in total. The molecule has 3 aliphatic rings. The highest BCUT2D eigenvalue weighted by Crippen LogP contribution is 2.38. The number of carbonyl (C=O) groups excluding carboxylic acids is 4. The van der Waals surface area contributed by atoms with Crippen LogP contribution in [0.1, 0.15) is 61.6 Å². The molecular weight excluding hydrogens is 520 g/mol. The SMILES string of the molecule is CC(C(=O)C1CC(=O)C(CC2CCN(C(=O)OCc3ccc(Cl)cc3)CC2)C1)c1ccc2c(c1)OC(=O)NC2. The van der Waals surface area contributed by atoms with Gasteiger partial charge in [0, 0.05) is 54.4 Å². The molecule has 1 N–H and O–H groups in total. The second-order valence-electron chi connectivity index (χ2n) is 10.9. The second kappa shape index (κ2) is 11.8. The molecule has 2 aromatic rings. The Hall–Kier alpha value is -3.39. The standard InChI is InChI=1S/C30H33ClN2O6/c1-18(21-4-5-22-16-32-29(36)39-27(22)15-21)28(35)24-13-23(26(34)14-24)12-19-8-10-33(11-9-19)30(37)38-17-20-2-6-25(31)7-3-20/h2-7,15,18-19,23-24H,8-14,16-17H2,1H3,(H,32,36). The predicted octanol–water partition coefficient (Wildman–Crippen LogP) is 5.65. The highest BCUT2D eigenvalue weighted by Gasteiger charge is 2.40. The average molecular weight is 553 g/mol. The van der Waals surface area contributed by atoms with Gasteiger partial charge in [-0.2, -0.15) is 0 Å². The Bertz CT molecular complexity index is 1250. The molecule has 2 aromatic carbocycles. The topological polar surface area (TPSA) is 102 Å². The lowest BCUT2D eigenvalue weighted by atomic mass is 9.84. The first-order chi connectivity index (χ1) is 18.8. The highest BCUT2D eigenvalue weighted by atomic mass is 35.5. The molecule has 0 bridgehead atoms. The smallest absolute Gasteiger partial charge is 0.412 e. The molecule has 9 heteroatoms. The number of Topliss-reactive ketones (excluding diaryl/α,β-unsaturated/α-hetero) is 2. The van der Waals surface area contributed by atoms with Crippen molar-refractivity contribution in [1.82, 2.24) is 10.2 Å². The van der Waals surface area contributed by atoms with Crippen molar-refractivity contribution in [2.24, 2.45) is 17.8 Å². The maximum atomic E-state index is 13.3. The number of carbonyl (C=O) groups is 4. The third kappa shape index (κ3) is 6.44. The monoisotopic (exact) mass is 552 g/mol. The van der Waals surface area contributed by atoms with E-state index >= 15 is 0 Å². The number of hydrogen-bond donors (Lipinski definition) is 1. The van der Waals surface area contributed by atoms with E-state index in [4.69, 9.17) is 21.1 Å². The van der Waals surface area contributed by atoms with Crippen LogP contribution in [0.15, 0.2) is 42.5 Å². The molecule has 0 aromatic heterocycles. The first kappa shape index (κ1) is 27.2. The van der Waals surface area contributed by atoms with Crippen LogP contribution in [0.2, 0.25) is 5.02 Å². The Kier molecular flexibility index (Phi) is 8.21. The van der Waals surface area contributed by atoms with Crippen LogP contribution in [0, 0.1) is 17.8 Å². The Morgan fingerprint density at radius 1 is 1.13 bits per heavy atom. The largest absolute Gasteiger partial charge is 0.445 e. The van der Waals surface area contributed by atoms with Crippen LogP contribution in [0.4, 0.5) is 9.59 Å². The zero-order chi connectivity index (χ0) is 27.5. The quantitative estimate of drug-likeness (QED) is 0.476. The van der Waals surface area contributed by atoms with Gasteiger partial charge in [-0.1, -0.05) is 42.8 Å². The number of ketones is 2. The lowest BCUT2D eigenvalue weighted by Crippen LogP contribution is -2.39. The normalized spacial score (nSPS) is 22.1. The molecule has 0 spiro atoms. The fraction of sp³-hybridized carbons (Fsp3) is 0.467. The lowest BCUT2D eigenvalue weighted by molar-refractivity contribution is -0.126. The average Bonchev–Trinajstić information content (AvgIpc) is 3.31. The number of likely N-dealkylation sites (tertiary alicyclic amines) is 1. The van der Waals surface area contributed by atoms with Crippen molar-refractivity contribution in [3.8, 4) is 5.75 Å². The van der Waals surface area contributed by atoms with Crippen LogP contribution in [-0.4, -0.2) is 41.7 Å². The fourth-order valence-electron chi connectivity index (χ4n) is 5.89. The number of hydrogen-bond acceptors (Lipinski definition) is 6. The van der Waals surface area contributed by atoms with Crippen LogP contribution in [-0.2, 0) is 27.5 Å². The number of benzene rings is 2. The number of nitrogens with one attached hydrogen (secondary N) is 1. The number of nitrogens with zero attached hydrogens (tertiary/aromatic N) is 1. The van der Waals surface area contributed by atoms with Gasteiger partial charge in [-0.15, -0.1) is 0 Å². The predicted molar refractivity (Wildman–Crippen MR) is 144 cm³/mol. The van der Waals surface area contributed by atoms with Crippen molar-refractivity contribution in [2.45, 2.75) is 58.1 Å². The van der Waals surface area contributed by atoms with Crippen LogP contribution in [0.3, 0.4) is 0 Å². The minimum Gasteiger partial charge on any atom is -0.445 e. The van der Waals surface area contributed by atoms with Gasteiger partial charge in [-0.3, -0.25) is 9.59 Å². The summed E-state index contributed by atoms with van der Waals surface area (Å²) in [6.07, 6.45) is 2.43. The molecule has 3 unspecified atom stereocenters. The van der Waals surface area contributed by atoms with Crippen molar-refractivity contribution in [3.63, 3.8) is 0 Å². The zero-order valence-electron chi connectivity index (χ0n) is 22.0. The summed E-state index contributed by atoms with van der Waals surface area (Å²) in [6.45, 7) is 3.66. The number of halogens is 1. The van der Waals surface area contributed by atoms with Crippen molar-refractivity contribution in [3.05, 3.63) is 64.2 Å². The van der Waals surface area contributed by atoms with Gasteiger partial charge in [0.15, 0.2) is 0 Å². The van der Waals surface area contributed by atoms with Gasteiger partial charge >= 0.3 is 12.2 Å². The molecule has 2 fully saturated rings. The molecule has 5 rings (SSSR count). The van der Waals surface area contributed by atoms with Crippen molar-refractivity contribution < 1.29 is 28.7 Å². The van der Waals surface area contributed by atoms with Gasteiger partial charge in [-0.25, -0.2) is 9.59 Å². The Balaban J connectivity index is 1.09. The molecule has 39 heavy (non-hydrogen) atoms. The molecule has 2 aliphatic heterocycles. The summed E-state index contributed by atoms with van der Waals surface area (Å²) in [5.41, 5.74) is 2.54. The van der Waals surface area contributed by atoms with E-state index in [2.05, 4.69) is 5.32 Å². The Labute approximate surface area is 233 Å². The number of fused-ring (bicyclic) bond motifs is 1. The van der Waals surface area contributed by atoms with E-state index in [1.54, 1.807) is 23.1 Å².